The van der Waals surface area contributed by atoms with Crippen LogP contribution in [0.15, 0.2) is 41.8 Å². The van der Waals surface area contributed by atoms with Crippen LogP contribution in [0.5, 0.6) is 0 Å². The zero-order valence-electron chi connectivity index (χ0n) is 10.7. The van der Waals surface area contributed by atoms with Gasteiger partial charge in [0, 0.05) is 17.5 Å². The van der Waals surface area contributed by atoms with E-state index >= 15 is 0 Å². The lowest BCUT2D eigenvalue weighted by Crippen LogP contribution is -2.21. The summed E-state index contributed by atoms with van der Waals surface area (Å²) in [5.74, 6) is 0.855. The molecule has 0 bridgehead atoms. The molecule has 0 aliphatic heterocycles. The van der Waals surface area contributed by atoms with Crippen LogP contribution < -0.4 is 5.32 Å². The minimum Gasteiger partial charge on any atom is -0.305 e. The normalized spacial score (nSPS) is 16.7. The van der Waals surface area contributed by atoms with E-state index in [0.29, 0.717) is 6.04 Å². The first kappa shape index (κ1) is 11.9. The molecule has 0 amide bonds. The van der Waals surface area contributed by atoms with Crippen molar-refractivity contribution in [1.82, 2.24) is 5.32 Å². The topological polar surface area (TPSA) is 12.0 Å². The summed E-state index contributed by atoms with van der Waals surface area (Å²) < 4.78 is 0. The molecule has 0 spiro atoms. The third kappa shape index (κ3) is 2.82. The van der Waals surface area contributed by atoms with E-state index < -0.39 is 0 Å². The molecule has 1 aliphatic rings. The average molecular weight is 257 g/mol. The molecule has 1 N–H and O–H groups in total. The average Bonchev–Trinajstić information content (AvgIpc) is 3.05. The van der Waals surface area contributed by atoms with Gasteiger partial charge in [-0.25, -0.2) is 0 Å². The van der Waals surface area contributed by atoms with Crippen LogP contribution in [0.2, 0.25) is 0 Å². The molecule has 1 saturated carbocycles. The van der Waals surface area contributed by atoms with Gasteiger partial charge in [-0.05, 0) is 42.7 Å². The Labute approximate surface area is 113 Å². The molecule has 2 aromatic rings. The summed E-state index contributed by atoms with van der Waals surface area (Å²) in [6.07, 6.45) is 2.76. The predicted octanol–water partition coefficient (Wildman–Crippen LogP) is 4.30. The van der Waals surface area contributed by atoms with Crippen LogP contribution in [0.25, 0.3) is 0 Å². The fourth-order valence-corrected chi connectivity index (χ4v) is 3.34. The first-order valence-corrected chi connectivity index (χ1v) is 7.53. The van der Waals surface area contributed by atoms with Crippen LogP contribution in [0, 0.1) is 12.8 Å². The van der Waals surface area contributed by atoms with Crippen molar-refractivity contribution in [2.75, 3.05) is 0 Å². The Bertz CT molecular complexity index is 500. The summed E-state index contributed by atoms with van der Waals surface area (Å²) in [5, 5.41) is 5.92. The maximum absolute atomic E-state index is 3.74. The molecule has 1 heterocycles. The van der Waals surface area contributed by atoms with Crippen molar-refractivity contribution in [1.29, 1.82) is 0 Å². The quantitative estimate of drug-likeness (QED) is 0.842. The van der Waals surface area contributed by atoms with Gasteiger partial charge < -0.3 is 5.32 Å². The van der Waals surface area contributed by atoms with Crippen LogP contribution >= 0.6 is 11.3 Å². The molecule has 94 valence electrons. The fourth-order valence-electron chi connectivity index (χ4n) is 2.45. The molecule has 0 radical (unpaired) electrons. The highest BCUT2D eigenvalue weighted by atomic mass is 32.1. The zero-order chi connectivity index (χ0) is 12.4. The third-order valence-corrected chi connectivity index (χ3v) is 4.51. The molecule has 1 nitrogen and oxygen atoms in total. The van der Waals surface area contributed by atoms with Crippen molar-refractivity contribution >= 4 is 11.3 Å². The highest BCUT2D eigenvalue weighted by Gasteiger charge is 2.32. The molecule has 1 aromatic heterocycles. The molecular formula is C16H19NS. The number of hydrogen-bond donors (Lipinski definition) is 1. The molecule has 2 heteroatoms. The number of hydrogen-bond acceptors (Lipinski definition) is 2. The Morgan fingerprint density at radius 1 is 1.28 bits per heavy atom. The first-order chi connectivity index (χ1) is 8.83. The van der Waals surface area contributed by atoms with E-state index in [4.69, 9.17) is 0 Å². The Balaban J connectivity index is 1.67. The van der Waals surface area contributed by atoms with E-state index in [2.05, 4.69) is 54.0 Å². The number of aryl methyl sites for hydroxylation is 1. The predicted molar refractivity (Wildman–Crippen MR) is 77.8 cm³/mol. The minimum absolute atomic E-state index is 0.561. The molecule has 0 saturated heterocycles. The monoisotopic (exact) mass is 257 g/mol. The lowest BCUT2D eigenvalue weighted by Gasteiger charge is -2.17. The lowest BCUT2D eigenvalue weighted by atomic mass is 10.1. The molecule has 1 aromatic carbocycles. The fraction of sp³-hybridized carbons (Fsp3) is 0.375. The molecule has 1 unspecified atom stereocenters. The van der Waals surface area contributed by atoms with E-state index in [9.17, 15) is 0 Å². The highest BCUT2D eigenvalue weighted by Crippen LogP contribution is 2.42. The molecule has 3 rings (SSSR count). The van der Waals surface area contributed by atoms with Crippen LogP contribution in [0.3, 0.4) is 0 Å². The largest absolute Gasteiger partial charge is 0.305 e. The van der Waals surface area contributed by atoms with Gasteiger partial charge in [0.05, 0.1) is 0 Å². The van der Waals surface area contributed by atoms with E-state index in [-0.39, 0.29) is 0 Å². The Hall–Kier alpha value is -1.12. The zero-order valence-corrected chi connectivity index (χ0v) is 11.5. The second-order valence-electron chi connectivity index (χ2n) is 5.20. The van der Waals surface area contributed by atoms with Crippen LogP contribution in [0.4, 0.5) is 0 Å². The second-order valence-corrected chi connectivity index (χ2v) is 6.18. The van der Waals surface area contributed by atoms with Gasteiger partial charge in [-0.2, -0.15) is 0 Å². The standard InChI is InChI=1S/C16H19NS/c1-12-4-2-5-13(10-12)11-17-16(14-7-8-14)15-6-3-9-18-15/h2-6,9-10,14,16-17H,7-8,11H2,1H3. The number of rotatable bonds is 5. The van der Waals surface area contributed by atoms with Gasteiger partial charge in [0.2, 0.25) is 0 Å². The maximum Gasteiger partial charge on any atom is 0.0446 e. The van der Waals surface area contributed by atoms with E-state index in [1.54, 1.807) is 0 Å². The molecule has 1 atom stereocenters. The van der Waals surface area contributed by atoms with Crippen molar-refractivity contribution in [2.24, 2.45) is 5.92 Å². The van der Waals surface area contributed by atoms with Crippen LogP contribution in [0.1, 0.15) is 34.9 Å². The third-order valence-electron chi connectivity index (χ3n) is 3.55. The molecule has 18 heavy (non-hydrogen) atoms. The van der Waals surface area contributed by atoms with Crippen molar-refractivity contribution in [2.45, 2.75) is 32.4 Å². The highest BCUT2D eigenvalue weighted by molar-refractivity contribution is 7.10. The Morgan fingerprint density at radius 3 is 2.83 bits per heavy atom. The maximum atomic E-state index is 3.74. The van der Waals surface area contributed by atoms with Gasteiger partial charge >= 0.3 is 0 Å². The summed E-state index contributed by atoms with van der Waals surface area (Å²) in [5.41, 5.74) is 2.73. The summed E-state index contributed by atoms with van der Waals surface area (Å²) in [6, 6.07) is 13.8. The molecule has 1 fully saturated rings. The van der Waals surface area contributed by atoms with Gasteiger partial charge in [-0.15, -0.1) is 11.3 Å². The van der Waals surface area contributed by atoms with E-state index in [1.165, 1.54) is 28.8 Å². The van der Waals surface area contributed by atoms with E-state index in [1.807, 2.05) is 11.3 Å². The van der Waals surface area contributed by atoms with Gasteiger partial charge in [0.25, 0.3) is 0 Å². The SMILES string of the molecule is Cc1cccc(CNC(c2cccs2)C2CC2)c1. The van der Waals surface area contributed by atoms with Crippen LogP contribution in [-0.4, -0.2) is 0 Å². The summed E-state index contributed by atoms with van der Waals surface area (Å²) in [6.45, 7) is 3.13. The minimum atomic E-state index is 0.561. The summed E-state index contributed by atoms with van der Waals surface area (Å²) >= 11 is 1.88. The second kappa shape index (κ2) is 5.25. The first-order valence-electron chi connectivity index (χ1n) is 6.65. The van der Waals surface area contributed by atoms with Crippen LogP contribution in [-0.2, 0) is 6.54 Å². The van der Waals surface area contributed by atoms with Gasteiger partial charge in [-0.1, -0.05) is 35.9 Å². The number of thiophene rings is 1. The van der Waals surface area contributed by atoms with Gasteiger partial charge in [0.15, 0.2) is 0 Å². The van der Waals surface area contributed by atoms with Crippen molar-refractivity contribution in [3.05, 3.63) is 57.8 Å². The van der Waals surface area contributed by atoms with E-state index in [0.717, 1.165) is 12.5 Å². The molecule has 1 aliphatic carbocycles. The van der Waals surface area contributed by atoms with Gasteiger partial charge in [-0.3, -0.25) is 0 Å². The number of benzene rings is 1. The summed E-state index contributed by atoms with van der Waals surface area (Å²) in [4.78, 5) is 1.49. The Kier molecular flexibility index (Phi) is 3.48. The van der Waals surface area contributed by atoms with Crippen molar-refractivity contribution in [3.63, 3.8) is 0 Å². The van der Waals surface area contributed by atoms with Crippen molar-refractivity contribution in [3.8, 4) is 0 Å². The van der Waals surface area contributed by atoms with Crippen molar-refractivity contribution < 1.29 is 0 Å². The molecular weight excluding hydrogens is 238 g/mol. The van der Waals surface area contributed by atoms with Gasteiger partial charge in [0.1, 0.15) is 0 Å². The summed E-state index contributed by atoms with van der Waals surface area (Å²) in [7, 11) is 0. The number of nitrogens with one attached hydrogen (secondary N) is 1. The lowest BCUT2D eigenvalue weighted by molar-refractivity contribution is 0.487. The Morgan fingerprint density at radius 2 is 2.17 bits per heavy atom. The smallest absolute Gasteiger partial charge is 0.0446 e.